The van der Waals surface area contributed by atoms with E-state index in [1.807, 2.05) is 0 Å². The summed E-state index contributed by atoms with van der Waals surface area (Å²) in [6.45, 7) is 0. The summed E-state index contributed by atoms with van der Waals surface area (Å²) in [5.74, 6) is -1.72. The lowest BCUT2D eigenvalue weighted by Gasteiger charge is -2.02. The minimum absolute atomic E-state index is 0. The van der Waals surface area contributed by atoms with E-state index in [0.29, 0.717) is 6.20 Å². The van der Waals surface area contributed by atoms with Crippen LogP contribution >= 0.6 is 0 Å². The number of aromatic nitrogens is 2. The van der Waals surface area contributed by atoms with Gasteiger partial charge in [0.1, 0.15) is 6.07 Å². The Kier molecular flexibility index (Phi) is 2.89. The Hall–Kier alpha value is -1.74. The van der Waals surface area contributed by atoms with Gasteiger partial charge in [-0.05, 0) is 0 Å². The quantitative estimate of drug-likeness (QED) is 0.567. The number of rotatable bonds is 0. The Labute approximate surface area is 61.7 Å². The summed E-state index contributed by atoms with van der Waals surface area (Å²) in [4.78, 5) is 6.02. The average molecular weight is 156 g/mol. The summed E-state index contributed by atoms with van der Waals surface area (Å²) < 4.78 is 12.1. The van der Waals surface area contributed by atoms with Gasteiger partial charge in [0.15, 0.2) is 5.69 Å². The Bertz CT molecular complexity index is 295. The standard InChI is InChI=1S/C5H2FN3O.H3N/c6-4-2-8-5(10)3(1-7)9-4;/h2H,(H,8,10);1H3. The van der Waals surface area contributed by atoms with E-state index in [1.165, 1.54) is 6.07 Å². The minimum Gasteiger partial charge on any atom is -0.857 e. The van der Waals surface area contributed by atoms with Crippen molar-refractivity contribution in [3.63, 3.8) is 0 Å². The molecule has 1 aromatic rings. The summed E-state index contributed by atoms with van der Waals surface area (Å²) in [5.41, 5.74) is -0.514. The SMILES string of the molecule is N#Cc1nc(F)cnc1[O-].[NH4+]. The van der Waals surface area contributed by atoms with Crippen molar-refractivity contribution >= 4 is 0 Å². The van der Waals surface area contributed by atoms with Crippen LogP contribution in [0.4, 0.5) is 4.39 Å². The molecular formula is C5H5FN4O. The number of hydrogen-bond acceptors (Lipinski definition) is 4. The molecule has 0 radical (unpaired) electrons. The van der Waals surface area contributed by atoms with E-state index in [9.17, 15) is 9.50 Å². The largest absolute Gasteiger partial charge is 0.857 e. The molecule has 58 valence electrons. The molecule has 0 saturated carbocycles. The molecule has 1 heterocycles. The van der Waals surface area contributed by atoms with Crippen LogP contribution in [0.15, 0.2) is 6.20 Å². The monoisotopic (exact) mass is 156 g/mol. The predicted molar refractivity (Wildman–Crippen MR) is 32.1 cm³/mol. The summed E-state index contributed by atoms with van der Waals surface area (Å²) in [6.07, 6.45) is 0.670. The second-order valence-corrected chi connectivity index (χ2v) is 1.46. The molecule has 0 bridgehead atoms. The zero-order chi connectivity index (χ0) is 7.56. The molecule has 0 aliphatic heterocycles. The second-order valence-electron chi connectivity index (χ2n) is 1.46. The highest BCUT2D eigenvalue weighted by Crippen LogP contribution is 2.03. The van der Waals surface area contributed by atoms with Gasteiger partial charge in [0.2, 0.25) is 5.95 Å². The van der Waals surface area contributed by atoms with Crippen molar-refractivity contribution in [2.45, 2.75) is 0 Å². The summed E-state index contributed by atoms with van der Waals surface area (Å²) in [6, 6.07) is 1.41. The molecule has 0 amide bonds. The molecule has 0 aromatic carbocycles. The second kappa shape index (κ2) is 3.43. The molecule has 0 atom stereocenters. The number of nitriles is 1. The number of quaternary nitrogens is 1. The van der Waals surface area contributed by atoms with Crippen LogP contribution in [0.5, 0.6) is 5.88 Å². The molecule has 0 fully saturated rings. The van der Waals surface area contributed by atoms with Crippen LogP contribution in [0.1, 0.15) is 5.69 Å². The lowest BCUT2D eigenvalue weighted by molar-refractivity contribution is -0.276. The third kappa shape index (κ3) is 1.84. The van der Waals surface area contributed by atoms with Gasteiger partial charge in [-0.3, -0.25) is 4.98 Å². The molecule has 4 N–H and O–H groups in total. The van der Waals surface area contributed by atoms with Gasteiger partial charge >= 0.3 is 0 Å². The first kappa shape index (κ1) is 9.26. The number of nitrogens with zero attached hydrogens (tertiary/aromatic N) is 3. The highest BCUT2D eigenvalue weighted by atomic mass is 19.1. The molecule has 1 rings (SSSR count). The predicted octanol–water partition coefficient (Wildman–Crippen LogP) is -0.0628. The fourth-order valence-corrected chi connectivity index (χ4v) is 0.429. The van der Waals surface area contributed by atoms with Crippen LogP contribution in [-0.2, 0) is 0 Å². The molecule has 0 saturated heterocycles. The lowest BCUT2D eigenvalue weighted by Crippen LogP contribution is -2.01. The zero-order valence-corrected chi connectivity index (χ0v) is 5.71. The van der Waals surface area contributed by atoms with E-state index in [-0.39, 0.29) is 6.15 Å². The van der Waals surface area contributed by atoms with Gasteiger partial charge in [0.05, 0.1) is 6.20 Å². The van der Waals surface area contributed by atoms with Gasteiger partial charge in [-0.2, -0.15) is 9.65 Å². The Morgan fingerprint density at radius 3 is 2.73 bits per heavy atom. The first-order valence-corrected chi connectivity index (χ1v) is 2.33. The maximum absolute atomic E-state index is 12.1. The van der Waals surface area contributed by atoms with E-state index in [0.717, 1.165) is 0 Å². The van der Waals surface area contributed by atoms with Crippen molar-refractivity contribution in [1.82, 2.24) is 16.1 Å². The van der Waals surface area contributed by atoms with Gasteiger partial charge in [-0.25, -0.2) is 4.98 Å². The van der Waals surface area contributed by atoms with Crippen LogP contribution in [0.2, 0.25) is 0 Å². The first-order valence-electron chi connectivity index (χ1n) is 2.33. The molecule has 11 heavy (non-hydrogen) atoms. The normalized spacial score (nSPS) is 8.00. The van der Waals surface area contributed by atoms with Gasteiger partial charge < -0.3 is 11.3 Å². The molecule has 6 heteroatoms. The van der Waals surface area contributed by atoms with Crippen LogP contribution in [-0.4, -0.2) is 9.97 Å². The molecule has 0 unspecified atom stereocenters. The third-order valence-electron chi connectivity index (χ3n) is 0.815. The number of hydrogen-bond donors (Lipinski definition) is 1. The van der Waals surface area contributed by atoms with E-state index in [1.54, 1.807) is 0 Å². The summed E-state index contributed by atoms with van der Waals surface area (Å²) >= 11 is 0. The van der Waals surface area contributed by atoms with Gasteiger partial charge in [0, 0.05) is 5.88 Å². The van der Waals surface area contributed by atoms with Crippen LogP contribution in [0.25, 0.3) is 0 Å². The van der Waals surface area contributed by atoms with Crippen molar-refractivity contribution in [2.75, 3.05) is 0 Å². The highest BCUT2D eigenvalue weighted by molar-refractivity contribution is 5.27. The third-order valence-corrected chi connectivity index (χ3v) is 0.815. The Morgan fingerprint density at radius 1 is 1.64 bits per heavy atom. The molecule has 0 spiro atoms. The van der Waals surface area contributed by atoms with E-state index in [4.69, 9.17) is 5.26 Å². The zero-order valence-electron chi connectivity index (χ0n) is 5.71. The highest BCUT2D eigenvalue weighted by Gasteiger charge is 1.96. The maximum atomic E-state index is 12.1. The maximum Gasteiger partial charge on any atom is 0.232 e. The van der Waals surface area contributed by atoms with Gasteiger partial charge in [0.25, 0.3) is 0 Å². The fourth-order valence-electron chi connectivity index (χ4n) is 0.429. The van der Waals surface area contributed by atoms with Crippen molar-refractivity contribution in [1.29, 1.82) is 5.26 Å². The van der Waals surface area contributed by atoms with E-state index < -0.39 is 17.5 Å². The van der Waals surface area contributed by atoms with Gasteiger partial charge in [-0.1, -0.05) is 0 Å². The van der Waals surface area contributed by atoms with E-state index in [2.05, 4.69) is 9.97 Å². The Balaban J connectivity index is 0.000001000. The number of halogens is 1. The first-order chi connectivity index (χ1) is 4.74. The van der Waals surface area contributed by atoms with Crippen molar-refractivity contribution in [3.8, 4) is 11.9 Å². The lowest BCUT2D eigenvalue weighted by atomic mass is 10.5. The van der Waals surface area contributed by atoms with Crippen LogP contribution in [0, 0.1) is 17.3 Å². The topological polar surface area (TPSA) is 109 Å². The molecule has 0 aliphatic rings. The smallest absolute Gasteiger partial charge is 0.232 e. The van der Waals surface area contributed by atoms with Crippen LogP contribution in [0.3, 0.4) is 0 Å². The van der Waals surface area contributed by atoms with Crippen molar-refractivity contribution in [3.05, 3.63) is 17.8 Å². The van der Waals surface area contributed by atoms with Gasteiger partial charge in [-0.15, -0.1) is 0 Å². The minimum atomic E-state index is -0.920. The summed E-state index contributed by atoms with van der Waals surface area (Å²) in [7, 11) is 0. The molecule has 0 aliphatic carbocycles. The summed E-state index contributed by atoms with van der Waals surface area (Å²) in [5, 5.41) is 18.6. The van der Waals surface area contributed by atoms with Crippen molar-refractivity contribution in [2.24, 2.45) is 0 Å². The molecule has 5 nitrogen and oxygen atoms in total. The van der Waals surface area contributed by atoms with E-state index >= 15 is 0 Å². The average Bonchev–Trinajstić information content (AvgIpc) is 1.94. The molecular weight excluding hydrogens is 151 g/mol. The fraction of sp³-hybridized carbons (Fsp3) is 0. The molecule has 1 aromatic heterocycles. The van der Waals surface area contributed by atoms with Crippen molar-refractivity contribution < 1.29 is 9.50 Å². The van der Waals surface area contributed by atoms with Crippen LogP contribution < -0.4 is 11.3 Å². The Morgan fingerprint density at radius 2 is 2.27 bits per heavy atom.